The van der Waals surface area contributed by atoms with Crippen LogP contribution in [-0.4, -0.2) is 42.5 Å². The average molecular weight is 363 g/mol. The molecule has 3 N–H and O–H groups in total. The fourth-order valence-electron chi connectivity index (χ4n) is 1.67. The summed E-state index contributed by atoms with van der Waals surface area (Å²) in [5.74, 6) is -2.24. The van der Waals surface area contributed by atoms with Crippen LogP contribution in [0.5, 0.6) is 0 Å². The molecule has 138 valence electrons. The Morgan fingerprint density at radius 3 is 2.36 bits per heavy atom. The van der Waals surface area contributed by atoms with Crippen molar-refractivity contribution in [2.24, 2.45) is 0 Å². The van der Waals surface area contributed by atoms with Crippen LogP contribution in [0, 0.1) is 5.82 Å². The molecule has 1 aromatic carbocycles. The molecule has 2 rings (SSSR count). The Balaban J connectivity index is 0.000000381. The molecule has 0 saturated carbocycles. The SMILES string of the molecule is CNCCNCc1oncc1-c1ccc(F)cc1.O=C(O)C(F)(F)F. The molecule has 0 unspecified atom stereocenters. The van der Waals surface area contributed by atoms with Gasteiger partial charge in [0, 0.05) is 18.7 Å². The molecule has 0 aliphatic heterocycles. The van der Waals surface area contributed by atoms with Crippen molar-refractivity contribution in [2.45, 2.75) is 12.7 Å². The number of carboxylic acids is 1. The van der Waals surface area contributed by atoms with E-state index in [0.717, 1.165) is 30.0 Å². The van der Waals surface area contributed by atoms with Crippen molar-refractivity contribution < 1.29 is 32.0 Å². The van der Waals surface area contributed by atoms with E-state index in [-0.39, 0.29) is 5.82 Å². The number of hydrogen-bond donors (Lipinski definition) is 3. The highest BCUT2D eigenvalue weighted by Crippen LogP contribution is 2.23. The fraction of sp³-hybridized carbons (Fsp3) is 0.333. The first-order valence-corrected chi connectivity index (χ1v) is 7.10. The highest BCUT2D eigenvalue weighted by molar-refractivity contribution is 5.73. The van der Waals surface area contributed by atoms with E-state index >= 15 is 0 Å². The Labute approximate surface area is 140 Å². The molecule has 0 fully saturated rings. The van der Waals surface area contributed by atoms with Gasteiger partial charge < -0.3 is 20.3 Å². The van der Waals surface area contributed by atoms with Crippen molar-refractivity contribution in [1.29, 1.82) is 0 Å². The van der Waals surface area contributed by atoms with Crippen LogP contribution in [0.15, 0.2) is 35.0 Å². The van der Waals surface area contributed by atoms with Crippen LogP contribution in [0.4, 0.5) is 17.6 Å². The Morgan fingerprint density at radius 1 is 1.24 bits per heavy atom. The topological polar surface area (TPSA) is 87.4 Å². The molecule has 0 saturated heterocycles. The summed E-state index contributed by atoms with van der Waals surface area (Å²) in [6.45, 7) is 2.34. The van der Waals surface area contributed by atoms with Crippen LogP contribution in [-0.2, 0) is 11.3 Å². The van der Waals surface area contributed by atoms with E-state index < -0.39 is 12.1 Å². The second-order valence-electron chi connectivity index (χ2n) is 4.75. The minimum Gasteiger partial charge on any atom is -0.475 e. The first-order chi connectivity index (χ1) is 11.8. The third-order valence-corrected chi connectivity index (χ3v) is 2.88. The second-order valence-corrected chi connectivity index (χ2v) is 4.75. The number of aromatic nitrogens is 1. The van der Waals surface area contributed by atoms with Crippen molar-refractivity contribution in [3.05, 3.63) is 42.0 Å². The van der Waals surface area contributed by atoms with Gasteiger partial charge in [0.15, 0.2) is 5.76 Å². The monoisotopic (exact) mass is 363 g/mol. The van der Waals surface area contributed by atoms with Gasteiger partial charge in [-0.2, -0.15) is 13.2 Å². The van der Waals surface area contributed by atoms with E-state index in [2.05, 4.69) is 15.8 Å². The van der Waals surface area contributed by atoms with Crippen LogP contribution in [0.2, 0.25) is 0 Å². The molecule has 0 aliphatic carbocycles. The maximum Gasteiger partial charge on any atom is 0.490 e. The number of nitrogens with one attached hydrogen (secondary N) is 2. The number of carboxylic acid groups (broad SMARTS) is 1. The number of halogens is 4. The van der Waals surface area contributed by atoms with Crippen LogP contribution < -0.4 is 10.6 Å². The number of aliphatic carboxylic acids is 1. The van der Waals surface area contributed by atoms with Gasteiger partial charge in [-0.05, 0) is 24.7 Å². The van der Waals surface area contributed by atoms with Gasteiger partial charge in [-0.1, -0.05) is 17.3 Å². The lowest BCUT2D eigenvalue weighted by Crippen LogP contribution is -2.24. The van der Waals surface area contributed by atoms with E-state index in [1.54, 1.807) is 18.3 Å². The maximum absolute atomic E-state index is 12.9. The molecule has 25 heavy (non-hydrogen) atoms. The zero-order valence-corrected chi connectivity index (χ0v) is 13.2. The van der Waals surface area contributed by atoms with Gasteiger partial charge in [-0.3, -0.25) is 0 Å². The number of rotatable bonds is 6. The standard InChI is InChI=1S/C13H16FN3O.C2HF3O2/c1-15-6-7-16-9-13-12(8-17-18-13)10-2-4-11(14)5-3-10;3-2(4,5)1(6)7/h2-5,8,15-16H,6-7,9H2,1H3;(H,6,7). The molecule has 6 nitrogen and oxygen atoms in total. The Hall–Kier alpha value is -2.46. The quantitative estimate of drug-likeness (QED) is 0.540. The zero-order chi connectivity index (χ0) is 18.9. The molecular formula is C15H17F4N3O3. The van der Waals surface area contributed by atoms with Crippen molar-refractivity contribution in [3.8, 4) is 11.1 Å². The number of hydrogen-bond acceptors (Lipinski definition) is 5. The van der Waals surface area contributed by atoms with E-state index in [9.17, 15) is 17.6 Å². The molecule has 10 heteroatoms. The zero-order valence-electron chi connectivity index (χ0n) is 13.2. The first kappa shape index (κ1) is 20.6. The lowest BCUT2D eigenvalue weighted by atomic mass is 10.1. The third kappa shape index (κ3) is 7.31. The minimum atomic E-state index is -5.08. The normalized spacial score (nSPS) is 10.9. The van der Waals surface area contributed by atoms with Gasteiger partial charge in [0.1, 0.15) is 5.82 Å². The third-order valence-electron chi connectivity index (χ3n) is 2.88. The number of benzene rings is 1. The van der Waals surface area contributed by atoms with Gasteiger partial charge >= 0.3 is 12.1 Å². The number of nitrogens with zero attached hydrogens (tertiary/aromatic N) is 1. The highest BCUT2D eigenvalue weighted by atomic mass is 19.4. The summed E-state index contributed by atoms with van der Waals surface area (Å²) in [4.78, 5) is 8.90. The van der Waals surface area contributed by atoms with Crippen molar-refractivity contribution in [3.63, 3.8) is 0 Å². The van der Waals surface area contributed by atoms with E-state index in [1.165, 1.54) is 12.1 Å². The van der Waals surface area contributed by atoms with Gasteiger partial charge in [-0.15, -0.1) is 0 Å². The Bertz CT molecular complexity index is 657. The second kappa shape index (κ2) is 9.74. The number of likely N-dealkylation sites (N-methyl/N-ethyl adjacent to an activating group) is 1. The van der Waals surface area contributed by atoms with Crippen LogP contribution in [0.25, 0.3) is 11.1 Å². The molecule has 1 heterocycles. The summed E-state index contributed by atoms with van der Waals surface area (Å²) in [6.07, 6.45) is -3.43. The summed E-state index contributed by atoms with van der Waals surface area (Å²) in [5.41, 5.74) is 1.80. The van der Waals surface area contributed by atoms with Gasteiger partial charge in [0.05, 0.1) is 12.7 Å². The Morgan fingerprint density at radius 2 is 1.84 bits per heavy atom. The van der Waals surface area contributed by atoms with Crippen LogP contribution in [0.1, 0.15) is 5.76 Å². The first-order valence-electron chi connectivity index (χ1n) is 7.10. The average Bonchev–Trinajstić information content (AvgIpc) is 3.00. The summed E-state index contributed by atoms with van der Waals surface area (Å²) in [7, 11) is 1.90. The van der Waals surface area contributed by atoms with E-state index in [4.69, 9.17) is 14.4 Å². The molecule has 2 aromatic rings. The molecule has 0 aliphatic rings. The molecular weight excluding hydrogens is 346 g/mol. The summed E-state index contributed by atoms with van der Waals surface area (Å²) in [6, 6.07) is 6.30. The predicted octanol–water partition coefficient (Wildman–Crippen LogP) is 2.42. The molecule has 0 bridgehead atoms. The highest BCUT2D eigenvalue weighted by Gasteiger charge is 2.38. The molecule has 0 radical (unpaired) electrons. The fourth-order valence-corrected chi connectivity index (χ4v) is 1.67. The lowest BCUT2D eigenvalue weighted by molar-refractivity contribution is -0.192. The summed E-state index contributed by atoms with van der Waals surface area (Å²) >= 11 is 0. The van der Waals surface area contributed by atoms with E-state index in [1.807, 2.05) is 7.05 Å². The molecule has 0 atom stereocenters. The van der Waals surface area contributed by atoms with Crippen molar-refractivity contribution >= 4 is 5.97 Å². The maximum atomic E-state index is 12.9. The van der Waals surface area contributed by atoms with Crippen molar-refractivity contribution in [2.75, 3.05) is 20.1 Å². The Kier molecular flexibility index (Phi) is 8.02. The van der Waals surface area contributed by atoms with Crippen LogP contribution in [0.3, 0.4) is 0 Å². The summed E-state index contributed by atoms with van der Waals surface area (Å²) in [5, 5.41) is 17.2. The molecule has 1 aromatic heterocycles. The van der Waals surface area contributed by atoms with E-state index in [0.29, 0.717) is 6.54 Å². The van der Waals surface area contributed by atoms with Crippen molar-refractivity contribution in [1.82, 2.24) is 15.8 Å². The lowest BCUT2D eigenvalue weighted by Gasteiger charge is -2.04. The molecule has 0 amide bonds. The minimum absolute atomic E-state index is 0.246. The summed E-state index contributed by atoms with van der Waals surface area (Å²) < 4.78 is 49.8. The van der Waals surface area contributed by atoms with Gasteiger partial charge in [0.25, 0.3) is 0 Å². The van der Waals surface area contributed by atoms with Gasteiger partial charge in [0.2, 0.25) is 0 Å². The smallest absolute Gasteiger partial charge is 0.475 e. The largest absolute Gasteiger partial charge is 0.490 e. The van der Waals surface area contributed by atoms with Gasteiger partial charge in [-0.25, -0.2) is 9.18 Å². The number of carbonyl (C=O) groups is 1. The van der Waals surface area contributed by atoms with Crippen LogP contribution >= 0.6 is 0 Å². The number of alkyl halides is 3. The predicted molar refractivity (Wildman–Crippen MR) is 81.2 cm³/mol. The molecule has 0 spiro atoms.